The van der Waals surface area contributed by atoms with Crippen molar-refractivity contribution in [2.45, 2.75) is 43.0 Å². The van der Waals surface area contributed by atoms with E-state index >= 15 is 0 Å². The van der Waals surface area contributed by atoms with Crippen LogP contribution in [0, 0.1) is 5.92 Å². The third kappa shape index (κ3) is 3.18. The minimum Gasteiger partial charge on any atom is -0.378 e. The summed E-state index contributed by atoms with van der Waals surface area (Å²) in [6.45, 7) is 1.35. The van der Waals surface area contributed by atoms with Gasteiger partial charge in [-0.15, -0.1) is 0 Å². The number of alkyl halides is 1. The first kappa shape index (κ1) is 11.4. The number of rotatable bonds is 3. The molecule has 0 radical (unpaired) electrons. The van der Waals surface area contributed by atoms with Crippen molar-refractivity contribution in [2.24, 2.45) is 5.92 Å². The van der Waals surface area contributed by atoms with Gasteiger partial charge >= 0.3 is 0 Å². The predicted octanol–water partition coefficient (Wildman–Crippen LogP) is 1.85. The third-order valence-corrected chi connectivity index (χ3v) is 4.21. The maximum Gasteiger partial charge on any atom is 0.220 e. The molecule has 1 saturated heterocycles. The normalized spacial score (nSPS) is 32.1. The molecule has 0 aromatic carbocycles. The fourth-order valence-corrected chi connectivity index (χ4v) is 2.87. The number of carbonyl (C=O) groups excluding carboxylic acids is 1. The fourth-order valence-electron chi connectivity index (χ4n) is 2.40. The predicted molar refractivity (Wildman–Crippen MR) is 62.0 cm³/mol. The van der Waals surface area contributed by atoms with E-state index in [9.17, 15) is 4.79 Å². The highest BCUT2D eigenvalue weighted by molar-refractivity contribution is 9.09. The van der Waals surface area contributed by atoms with E-state index in [0.717, 1.165) is 0 Å². The first-order valence-electron chi connectivity index (χ1n) is 5.77. The van der Waals surface area contributed by atoms with E-state index in [4.69, 9.17) is 4.74 Å². The zero-order chi connectivity index (χ0) is 10.7. The van der Waals surface area contributed by atoms with Crippen LogP contribution in [0.4, 0.5) is 0 Å². The van der Waals surface area contributed by atoms with Crippen molar-refractivity contribution in [1.82, 2.24) is 5.32 Å². The quantitative estimate of drug-likeness (QED) is 0.799. The van der Waals surface area contributed by atoms with Gasteiger partial charge in [0.2, 0.25) is 5.91 Å². The Kier molecular flexibility index (Phi) is 4.03. The Labute approximate surface area is 99.1 Å². The van der Waals surface area contributed by atoms with Crippen LogP contribution in [0.25, 0.3) is 0 Å². The average Bonchev–Trinajstić information content (AvgIpc) is 2.79. The molecule has 0 aromatic rings. The largest absolute Gasteiger partial charge is 0.378 e. The molecule has 4 heteroatoms. The summed E-state index contributed by atoms with van der Waals surface area (Å²) in [6.07, 6.45) is 5.76. The molecule has 1 saturated carbocycles. The summed E-state index contributed by atoms with van der Waals surface area (Å²) in [4.78, 5) is 12.0. The molecule has 2 unspecified atom stereocenters. The standard InChI is InChI=1S/C11H18BrNO2/c12-9-6-15-7-10(9)13-11(14)5-8-3-1-2-4-8/h8-10H,1-7H2,(H,13,14). The number of amides is 1. The zero-order valence-corrected chi connectivity index (χ0v) is 10.5. The van der Waals surface area contributed by atoms with E-state index in [1.807, 2.05) is 0 Å². The van der Waals surface area contributed by atoms with Gasteiger partial charge < -0.3 is 10.1 Å². The summed E-state index contributed by atoms with van der Waals surface area (Å²) in [5.74, 6) is 0.822. The molecule has 0 aromatic heterocycles. The van der Waals surface area contributed by atoms with Crippen LogP contribution in [0.1, 0.15) is 32.1 Å². The molecular formula is C11H18BrNO2. The van der Waals surface area contributed by atoms with Crippen LogP contribution in [0.2, 0.25) is 0 Å². The van der Waals surface area contributed by atoms with E-state index in [0.29, 0.717) is 25.6 Å². The third-order valence-electron chi connectivity index (χ3n) is 3.31. The lowest BCUT2D eigenvalue weighted by Gasteiger charge is -2.16. The number of hydrogen-bond acceptors (Lipinski definition) is 2. The van der Waals surface area contributed by atoms with Gasteiger partial charge in [0.05, 0.1) is 24.1 Å². The highest BCUT2D eigenvalue weighted by Crippen LogP contribution is 2.27. The van der Waals surface area contributed by atoms with Gasteiger partial charge in [-0.1, -0.05) is 28.8 Å². The minimum absolute atomic E-state index is 0.166. The van der Waals surface area contributed by atoms with Crippen LogP contribution in [-0.2, 0) is 9.53 Å². The molecule has 2 atom stereocenters. The highest BCUT2D eigenvalue weighted by Gasteiger charge is 2.28. The van der Waals surface area contributed by atoms with Crippen molar-refractivity contribution in [1.29, 1.82) is 0 Å². The molecule has 2 rings (SSSR count). The molecule has 0 bridgehead atoms. The minimum atomic E-state index is 0.166. The Balaban J connectivity index is 1.71. The van der Waals surface area contributed by atoms with Gasteiger partial charge in [-0.2, -0.15) is 0 Å². The molecule has 86 valence electrons. The van der Waals surface area contributed by atoms with Gasteiger partial charge in [0.25, 0.3) is 0 Å². The lowest BCUT2D eigenvalue weighted by molar-refractivity contribution is -0.122. The summed E-state index contributed by atoms with van der Waals surface area (Å²) in [5, 5.41) is 3.04. The Morgan fingerprint density at radius 1 is 1.33 bits per heavy atom. The smallest absolute Gasteiger partial charge is 0.220 e. The summed E-state index contributed by atoms with van der Waals surface area (Å²) in [6, 6.07) is 0.166. The van der Waals surface area contributed by atoms with Crippen LogP contribution in [0.5, 0.6) is 0 Å². The molecule has 2 fully saturated rings. The van der Waals surface area contributed by atoms with E-state index in [1.54, 1.807) is 0 Å². The number of hydrogen-bond donors (Lipinski definition) is 1. The van der Waals surface area contributed by atoms with Crippen molar-refractivity contribution in [3.8, 4) is 0 Å². The molecule has 1 aliphatic heterocycles. The lowest BCUT2D eigenvalue weighted by atomic mass is 10.0. The maximum absolute atomic E-state index is 11.7. The van der Waals surface area contributed by atoms with Crippen LogP contribution in [-0.4, -0.2) is 30.0 Å². The Hall–Kier alpha value is -0.0900. The van der Waals surface area contributed by atoms with Crippen molar-refractivity contribution >= 4 is 21.8 Å². The molecule has 15 heavy (non-hydrogen) atoms. The number of halogens is 1. The number of nitrogens with one attached hydrogen (secondary N) is 1. The second kappa shape index (κ2) is 5.30. The maximum atomic E-state index is 11.7. The molecule has 1 amide bonds. The van der Waals surface area contributed by atoms with E-state index in [-0.39, 0.29) is 16.8 Å². The second-order valence-electron chi connectivity index (χ2n) is 4.58. The first-order chi connectivity index (χ1) is 7.25. The second-order valence-corrected chi connectivity index (χ2v) is 5.76. The molecule has 1 N–H and O–H groups in total. The van der Waals surface area contributed by atoms with E-state index in [1.165, 1.54) is 25.7 Å². The van der Waals surface area contributed by atoms with Gasteiger partial charge in [0, 0.05) is 6.42 Å². The van der Waals surface area contributed by atoms with Crippen molar-refractivity contribution in [2.75, 3.05) is 13.2 Å². The van der Waals surface area contributed by atoms with Crippen molar-refractivity contribution in [3.05, 3.63) is 0 Å². The van der Waals surface area contributed by atoms with Crippen LogP contribution < -0.4 is 5.32 Å². The Bertz CT molecular complexity index is 229. The van der Waals surface area contributed by atoms with Gasteiger partial charge in [0.1, 0.15) is 0 Å². The Morgan fingerprint density at radius 3 is 2.67 bits per heavy atom. The molecule has 1 heterocycles. The molecule has 1 aliphatic carbocycles. The number of ether oxygens (including phenoxy) is 1. The molecule has 3 nitrogen and oxygen atoms in total. The van der Waals surface area contributed by atoms with Gasteiger partial charge in [0.15, 0.2) is 0 Å². The van der Waals surface area contributed by atoms with Gasteiger partial charge in [-0.25, -0.2) is 0 Å². The van der Waals surface area contributed by atoms with Gasteiger partial charge in [-0.05, 0) is 18.8 Å². The summed E-state index contributed by atoms with van der Waals surface area (Å²) in [7, 11) is 0. The fraction of sp³-hybridized carbons (Fsp3) is 0.909. The number of carbonyl (C=O) groups is 1. The van der Waals surface area contributed by atoms with Crippen molar-refractivity contribution < 1.29 is 9.53 Å². The summed E-state index contributed by atoms with van der Waals surface area (Å²) < 4.78 is 5.28. The van der Waals surface area contributed by atoms with Crippen molar-refractivity contribution in [3.63, 3.8) is 0 Å². The SMILES string of the molecule is O=C(CC1CCCC1)NC1COCC1Br. The van der Waals surface area contributed by atoms with E-state index in [2.05, 4.69) is 21.2 Å². The summed E-state index contributed by atoms with van der Waals surface area (Å²) >= 11 is 3.51. The summed E-state index contributed by atoms with van der Waals surface area (Å²) in [5.41, 5.74) is 0. The molecular weight excluding hydrogens is 258 g/mol. The first-order valence-corrected chi connectivity index (χ1v) is 6.68. The molecule has 0 spiro atoms. The Morgan fingerprint density at radius 2 is 2.07 bits per heavy atom. The monoisotopic (exact) mass is 275 g/mol. The average molecular weight is 276 g/mol. The van der Waals surface area contributed by atoms with Crippen LogP contribution in [0.15, 0.2) is 0 Å². The highest BCUT2D eigenvalue weighted by atomic mass is 79.9. The lowest BCUT2D eigenvalue weighted by Crippen LogP contribution is -2.40. The molecule has 2 aliphatic rings. The zero-order valence-electron chi connectivity index (χ0n) is 8.88. The van der Waals surface area contributed by atoms with Crippen LogP contribution >= 0.6 is 15.9 Å². The van der Waals surface area contributed by atoms with E-state index < -0.39 is 0 Å². The van der Waals surface area contributed by atoms with Crippen LogP contribution in [0.3, 0.4) is 0 Å². The topological polar surface area (TPSA) is 38.3 Å². The van der Waals surface area contributed by atoms with Gasteiger partial charge in [-0.3, -0.25) is 4.79 Å².